The zero-order valence-corrected chi connectivity index (χ0v) is 15.2. The number of nitrogens with one attached hydrogen (secondary N) is 1. The molecule has 0 spiro atoms. The van der Waals surface area contributed by atoms with E-state index in [1.54, 1.807) is 0 Å². The molecule has 1 heterocycles. The van der Waals surface area contributed by atoms with E-state index in [4.69, 9.17) is 4.74 Å². The predicted octanol–water partition coefficient (Wildman–Crippen LogP) is 5.03. The van der Waals surface area contributed by atoms with Gasteiger partial charge in [-0.1, -0.05) is 53.8 Å². The highest BCUT2D eigenvalue weighted by atomic mass is 32.1. The van der Waals surface area contributed by atoms with Crippen LogP contribution in [0.1, 0.15) is 12.5 Å². The first-order valence-electron chi connectivity index (χ1n) is 8.52. The van der Waals surface area contributed by atoms with Crippen molar-refractivity contribution in [3.05, 3.63) is 66.2 Å². The Balaban J connectivity index is 1.49. The molecular formula is C21H18N2O2S. The topological polar surface area (TPSA) is 51.2 Å². The molecule has 1 aromatic heterocycles. The molecule has 0 unspecified atom stereocenters. The van der Waals surface area contributed by atoms with Crippen LogP contribution >= 0.6 is 11.3 Å². The maximum absolute atomic E-state index is 12.4. The van der Waals surface area contributed by atoms with Crippen LogP contribution in [0.15, 0.2) is 60.7 Å². The number of benzene rings is 3. The van der Waals surface area contributed by atoms with Crippen LogP contribution in [0.4, 0.5) is 5.13 Å². The Morgan fingerprint density at radius 3 is 2.77 bits per heavy atom. The Hall–Kier alpha value is -2.92. The number of anilines is 1. The van der Waals surface area contributed by atoms with Crippen molar-refractivity contribution >= 4 is 43.4 Å². The first-order valence-corrected chi connectivity index (χ1v) is 9.34. The molecule has 0 saturated carbocycles. The summed E-state index contributed by atoms with van der Waals surface area (Å²) in [6, 6.07) is 20.0. The molecule has 4 rings (SSSR count). The molecule has 0 saturated heterocycles. The van der Waals surface area contributed by atoms with Gasteiger partial charge in [0, 0.05) is 0 Å². The van der Waals surface area contributed by atoms with Crippen molar-refractivity contribution in [2.75, 3.05) is 11.9 Å². The summed E-state index contributed by atoms with van der Waals surface area (Å²) in [5.41, 5.74) is 1.85. The molecule has 5 heteroatoms. The molecule has 0 atom stereocenters. The average molecular weight is 362 g/mol. The summed E-state index contributed by atoms with van der Waals surface area (Å²) in [6.45, 7) is 2.58. The summed E-state index contributed by atoms with van der Waals surface area (Å²) in [4.78, 5) is 16.9. The first-order chi connectivity index (χ1) is 12.7. The van der Waals surface area contributed by atoms with Gasteiger partial charge in [-0.05, 0) is 41.5 Å². The predicted molar refractivity (Wildman–Crippen MR) is 107 cm³/mol. The smallest absolute Gasteiger partial charge is 0.230 e. The number of carbonyl (C=O) groups excluding carboxylic acids is 1. The Morgan fingerprint density at radius 2 is 1.92 bits per heavy atom. The standard InChI is InChI=1S/C21H18N2O2S/c1-2-25-17-9-10-18-19(13-17)26-21(22-18)23-20(24)12-14-7-8-15-5-3-4-6-16(15)11-14/h3-11,13H,2,12H2,1H3,(H,22,23,24). The third-order valence-electron chi connectivity index (χ3n) is 4.10. The van der Waals surface area contributed by atoms with Crippen molar-refractivity contribution in [3.63, 3.8) is 0 Å². The Labute approximate surface area is 155 Å². The van der Waals surface area contributed by atoms with Crippen LogP contribution in [-0.4, -0.2) is 17.5 Å². The number of nitrogens with zero attached hydrogens (tertiary/aromatic N) is 1. The Bertz CT molecular complexity index is 1090. The van der Waals surface area contributed by atoms with E-state index in [0.29, 0.717) is 18.2 Å². The third-order valence-corrected chi connectivity index (χ3v) is 5.03. The summed E-state index contributed by atoms with van der Waals surface area (Å²) in [5.74, 6) is 0.752. The van der Waals surface area contributed by atoms with E-state index in [9.17, 15) is 4.79 Å². The molecule has 4 aromatic rings. The molecular weight excluding hydrogens is 344 g/mol. The molecule has 0 radical (unpaired) electrons. The van der Waals surface area contributed by atoms with Crippen molar-refractivity contribution in [2.24, 2.45) is 0 Å². The van der Waals surface area contributed by atoms with E-state index in [1.807, 2.05) is 49.4 Å². The van der Waals surface area contributed by atoms with Gasteiger partial charge in [0.25, 0.3) is 0 Å². The number of hydrogen-bond donors (Lipinski definition) is 1. The van der Waals surface area contributed by atoms with Crippen LogP contribution in [0.3, 0.4) is 0 Å². The van der Waals surface area contributed by atoms with Crippen molar-refractivity contribution in [3.8, 4) is 5.75 Å². The van der Waals surface area contributed by atoms with E-state index in [1.165, 1.54) is 16.7 Å². The fourth-order valence-corrected chi connectivity index (χ4v) is 3.82. The van der Waals surface area contributed by atoms with Gasteiger partial charge in [0.2, 0.25) is 5.91 Å². The minimum atomic E-state index is -0.0654. The molecule has 0 fully saturated rings. The number of carbonyl (C=O) groups is 1. The summed E-state index contributed by atoms with van der Waals surface area (Å²) >= 11 is 1.46. The average Bonchev–Trinajstić information content (AvgIpc) is 3.03. The monoisotopic (exact) mass is 362 g/mol. The van der Waals surface area contributed by atoms with Gasteiger partial charge in [-0.15, -0.1) is 0 Å². The number of amides is 1. The zero-order valence-electron chi connectivity index (χ0n) is 14.4. The lowest BCUT2D eigenvalue weighted by atomic mass is 10.1. The molecule has 130 valence electrons. The lowest BCUT2D eigenvalue weighted by molar-refractivity contribution is -0.115. The van der Waals surface area contributed by atoms with Crippen LogP contribution in [0.2, 0.25) is 0 Å². The van der Waals surface area contributed by atoms with Gasteiger partial charge in [-0.25, -0.2) is 4.98 Å². The van der Waals surface area contributed by atoms with E-state index in [-0.39, 0.29) is 5.91 Å². The Morgan fingerprint density at radius 1 is 1.08 bits per heavy atom. The summed E-state index contributed by atoms with van der Waals surface area (Å²) < 4.78 is 6.51. The van der Waals surface area contributed by atoms with Crippen LogP contribution in [0.25, 0.3) is 21.0 Å². The lowest BCUT2D eigenvalue weighted by Gasteiger charge is -2.04. The minimum Gasteiger partial charge on any atom is -0.494 e. The van der Waals surface area contributed by atoms with Crippen LogP contribution in [0.5, 0.6) is 5.75 Å². The van der Waals surface area contributed by atoms with Crippen molar-refractivity contribution in [1.82, 2.24) is 4.98 Å². The number of thiazole rings is 1. The molecule has 0 aliphatic carbocycles. The molecule has 0 aliphatic rings. The summed E-state index contributed by atoms with van der Waals surface area (Å²) in [5, 5.41) is 5.83. The summed E-state index contributed by atoms with van der Waals surface area (Å²) in [6.07, 6.45) is 0.324. The Kier molecular flexibility index (Phi) is 4.54. The number of aromatic nitrogens is 1. The molecule has 3 aromatic carbocycles. The van der Waals surface area contributed by atoms with Gasteiger partial charge in [0.05, 0.1) is 23.2 Å². The second-order valence-electron chi connectivity index (χ2n) is 5.99. The second-order valence-corrected chi connectivity index (χ2v) is 7.02. The molecule has 0 bridgehead atoms. The van der Waals surface area contributed by atoms with Gasteiger partial charge in [0.1, 0.15) is 5.75 Å². The SMILES string of the molecule is CCOc1ccc2nc(NC(=O)Cc3ccc4ccccc4c3)sc2c1. The second kappa shape index (κ2) is 7.14. The zero-order chi connectivity index (χ0) is 17.9. The van der Waals surface area contributed by atoms with E-state index in [2.05, 4.69) is 28.5 Å². The molecule has 4 nitrogen and oxygen atoms in total. The highest BCUT2D eigenvalue weighted by Crippen LogP contribution is 2.29. The van der Waals surface area contributed by atoms with Crippen molar-refractivity contribution < 1.29 is 9.53 Å². The largest absolute Gasteiger partial charge is 0.494 e. The van der Waals surface area contributed by atoms with Gasteiger partial charge in [0.15, 0.2) is 5.13 Å². The van der Waals surface area contributed by atoms with E-state index in [0.717, 1.165) is 26.9 Å². The molecule has 1 amide bonds. The van der Waals surface area contributed by atoms with E-state index < -0.39 is 0 Å². The van der Waals surface area contributed by atoms with Crippen LogP contribution in [-0.2, 0) is 11.2 Å². The minimum absolute atomic E-state index is 0.0654. The number of hydrogen-bond acceptors (Lipinski definition) is 4. The van der Waals surface area contributed by atoms with Gasteiger partial charge in [-0.2, -0.15) is 0 Å². The highest BCUT2D eigenvalue weighted by Gasteiger charge is 2.10. The maximum Gasteiger partial charge on any atom is 0.230 e. The maximum atomic E-state index is 12.4. The lowest BCUT2D eigenvalue weighted by Crippen LogP contribution is -2.14. The first kappa shape index (κ1) is 16.5. The van der Waals surface area contributed by atoms with Gasteiger partial charge >= 0.3 is 0 Å². The van der Waals surface area contributed by atoms with Crippen LogP contribution < -0.4 is 10.1 Å². The molecule has 1 N–H and O–H groups in total. The third kappa shape index (κ3) is 3.53. The summed E-state index contributed by atoms with van der Waals surface area (Å²) in [7, 11) is 0. The fraction of sp³-hybridized carbons (Fsp3) is 0.143. The normalized spacial score (nSPS) is 11.0. The fourth-order valence-electron chi connectivity index (χ4n) is 2.91. The van der Waals surface area contributed by atoms with E-state index >= 15 is 0 Å². The number of rotatable bonds is 5. The molecule has 26 heavy (non-hydrogen) atoms. The van der Waals surface area contributed by atoms with Crippen molar-refractivity contribution in [2.45, 2.75) is 13.3 Å². The molecule has 0 aliphatic heterocycles. The van der Waals surface area contributed by atoms with Crippen LogP contribution in [0, 0.1) is 0 Å². The quantitative estimate of drug-likeness (QED) is 0.542. The number of ether oxygens (including phenoxy) is 1. The highest BCUT2D eigenvalue weighted by molar-refractivity contribution is 7.22. The van der Waals surface area contributed by atoms with Gasteiger partial charge in [-0.3, -0.25) is 4.79 Å². The number of fused-ring (bicyclic) bond motifs is 2. The van der Waals surface area contributed by atoms with Gasteiger partial charge < -0.3 is 10.1 Å². The van der Waals surface area contributed by atoms with Crippen molar-refractivity contribution in [1.29, 1.82) is 0 Å².